The number of carbonyl (C=O) groups excluding carboxylic acids is 1. The fourth-order valence-corrected chi connectivity index (χ4v) is 2.54. The van der Waals surface area contributed by atoms with E-state index in [4.69, 9.17) is 0 Å². The van der Waals surface area contributed by atoms with Gasteiger partial charge in [0.1, 0.15) is 0 Å². The summed E-state index contributed by atoms with van der Waals surface area (Å²) in [6, 6.07) is 1.91. The summed E-state index contributed by atoms with van der Waals surface area (Å²) < 4.78 is 1.07. The van der Waals surface area contributed by atoms with Crippen molar-refractivity contribution in [3.8, 4) is 0 Å². The molecule has 1 aliphatic rings. The zero-order chi connectivity index (χ0) is 10.8. The van der Waals surface area contributed by atoms with E-state index in [2.05, 4.69) is 40.2 Å². The molecule has 80 valence electrons. The summed E-state index contributed by atoms with van der Waals surface area (Å²) in [4.78, 5) is 17.6. The summed E-state index contributed by atoms with van der Waals surface area (Å²) >= 11 is 6.47. The molecule has 1 aromatic heterocycles. The monoisotopic (exact) mass is 334 g/mol. The van der Waals surface area contributed by atoms with Crippen molar-refractivity contribution >= 4 is 46.8 Å². The molecule has 0 N–H and O–H groups in total. The molecule has 1 saturated heterocycles. The van der Waals surface area contributed by atoms with Crippen LogP contribution in [0.4, 0.5) is 5.69 Å². The summed E-state index contributed by atoms with van der Waals surface area (Å²) in [5, 5.41) is 0. The van der Waals surface area contributed by atoms with Crippen molar-refractivity contribution in [1.29, 1.82) is 0 Å². The molecule has 0 saturated carbocycles. The Morgan fingerprint density at radius 1 is 1.67 bits per heavy atom. The highest BCUT2D eigenvalue weighted by Gasteiger charge is 2.30. The first-order valence-corrected chi connectivity index (χ1v) is 6.44. The van der Waals surface area contributed by atoms with Crippen LogP contribution in [0.5, 0.6) is 0 Å². The third kappa shape index (κ3) is 2.28. The maximum absolute atomic E-state index is 11.8. The SMILES string of the molecule is O=C1CC(CS)CN1c1cnccc1I. The van der Waals surface area contributed by atoms with Gasteiger partial charge in [-0.3, -0.25) is 9.78 Å². The third-order valence-electron chi connectivity index (χ3n) is 2.50. The first kappa shape index (κ1) is 11.2. The number of nitrogens with zero attached hydrogens (tertiary/aromatic N) is 2. The van der Waals surface area contributed by atoms with Gasteiger partial charge in [0.15, 0.2) is 0 Å². The number of carbonyl (C=O) groups is 1. The number of anilines is 1. The normalized spacial score (nSPS) is 21.1. The van der Waals surface area contributed by atoms with Crippen LogP contribution >= 0.6 is 35.2 Å². The van der Waals surface area contributed by atoms with Gasteiger partial charge in [0.25, 0.3) is 0 Å². The Kier molecular flexibility index (Phi) is 3.50. The van der Waals surface area contributed by atoms with E-state index in [9.17, 15) is 4.79 Å². The van der Waals surface area contributed by atoms with Gasteiger partial charge in [-0.25, -0.2) is 0 Å². The molecule has 1 unspecified atom stereocenters. The fraction of sp³-hybridized carbons (Fsp3) is 0.400. The van der Waals surface area contributed by atoms with E-state index in [-0.39, 0.29) is 5.91 Å². The van der Waals surface area contributed by atoms with Crippen LogP contribution in [0.2, 0.25) is 0 Å². The van der Waals surface area contributed by atoms with Crippen LogP contribution in [0.15, 0.2) is 18.5 Å². The lowest BCUT2D eigenvalue weighted by molar-refractivity contribution is -0.117. The van der Waals surface area contributed by atoms with E-state index in [1.165, 1.54) is 0 Å². The van der Waals surface area contributed by atoms with E-state index in [0.29, 0.717) is 12.3 Å². The van der Waals surface area contributed by atoms with Gasteiger partial charge in [-0.15, -0.1) is 0 Å². The molecule has 2 rings (SSSR count). The average molecular weight is 334 g/mol. The molecule has 1 fully saturated rings. The molecule has 2 heterocycles. The fourth-order valence-electron chi connectivity index (χ4n) is 1.70. The molecular weight excluding hydrogens is 323 g/mol. The molecule has 15 heavy (non-hydrogen) atoms. The Morgan fingerprint density at radius 2 is 2.47 bits per heavy atom. The number of rotatable bonds is 2. The van der Waals surface area contributed by atoms with Crippen LogP contribution in [-0.2, 0) is 4.79 Å². The van der Waals surface area contributed by atoms with E-state index < -0.39 is 0 Å². The number of hydrogen-bond donors (Lipinski definition) is 1. The highest BCUT2D eigenvalue weighted by Crippen LogP contribution is 2.28. The Balaban J connectivity index is 2.25. The molecule has 1 atom stereocenters. The number of aromatic nitrogens is 1. The number of hydrogen-bond acceptors (Lipinski definition) is 3. The van der Waals surface area contributed by atoms with Crippen molar-refractivity contribution in [3.05, 3.63) is 22.0 Å². The standard InChI is InChI=1S/C10H11IN2OS/c11-8-1-2-12-4-9(8)13-5-7(6-15)3-10(13)14/h1-2,4,7,15H,3,5-6H2. The van der Waals surface area contributed by atoms with E-state index in [1.807, 2.05) is 11.0 Å². The van der Waals surface area contributed by atoms with Crippen molar-refractivity contribution in [2.45, 2.75) is 6.42 Å². The van der Waals surface area contributed by atoms with Crippen molar-refractivity contribution in [2.24, 2.45) is 5.92 Å². The van der Waals surface area contributed by atoms with Crippen molar-refractivity contribution in [3.63, 3.8) is 0 Å². The Labute approximate surface area is 108 Å². The smallest absolute Gasteiger partial charge is 0.227 e. The first-order chi connectivity index (χ1) is 7.22. The molecule has 0 radical (unpaired) electrons. The minimum atomic E-state index is 0.181. The van der Waals surface area contributed by atoms with Gasteiger partial charge < -0.3 is 4.90 Å². The summed E-state index contributed by atoms with van der Waals surface area (Å²) in [6.45, 7) is 0.768. The number of thiol groups is 1. The summed E-state index contributed by atoms with van der Waals surface area (Å²) in [5.41, 5.74) is 0.924. The largest absolute Gasteiger partial charge is 0.310 e. The lowest BCUT2D eigenvalue weighted by atomic mass is 10.1. The molecule has 1 amide bonds. The highest BCUT2D eigenvalue weighted by atomic mass is 127. The molecule has 0 spiro atoms. The van der Waals surface area contributed by atoms with Crippen LogP contribution in [0.3, 0.4) is 0 Å². The van der Waals surface area contributed by atoms with Crippen molar-refractivity contribution in [1.82, 2.24) is 4.98 Å². The number of halogens is 1. The van der Waals surface area contributed by atoms with Crippen LogP contribution in [-0.4, -0.2) is 23.2 Å². The van der Waals surface area contributed by atoms with Crippen LogP contribution in [0.1, 0.15) is 6.42 Å². The molecule has 5 heteroatoms. The van der Waals surface area contributed by atoms with Gasteiger partial charge in [0.05, 0.1) is 11.9 Å². The van der Waals surface area contributed by atoms with Gasteiger partial charge in [0, 0.05) is 22.7 Å². The summed E-state index contributed by atoms with van der Waals surface area (Å²) in [7, 11) is 0. The topological polar surface area (TPSA) is 33.2 Å². The molecule has 0 bridgehead atoms. The second-order valence-electron chi connectivity index (χ2n) is 3.58. The zero-order valence-electron chi connectivity index (χ0n) is 8.06. The van der Waals surface area contributed by atoms with E-state index in [1.54, 1.807) is 12.4 Å². The first-order valence-electron chi connectivity index (χ1n) is 4.73. The Morgan fingerprint density at radius 3 is 3.07 bits per heavy atom. The second kappa shape index (κ2) is 4.69. The summed E-state index contributed by atoms with van der Waals surface area (Å²) in [6.07, 6.45) is 4.09. The van der Waals surface area contributed by atoms with Gasteiger partial charge in [-0.2, -0.15) is 12.6 Å². The van der Waals surface area contributed by atoms with Crippen LogP contribution < -0.4 is 4.90 Å². The minimum Gasteiger partial charge on any atom is -0.310 e. The van der Waals surface area contributed by atoms with E-state index >= 15 is 0 Å². The molecule has 0 aromatic carbocycles. The van der Waals surface area contributed by atoms with Crippen molar-refractivity contribution in [2.75, 3.05) is 17.2 Å². The molecule has 3 nitrogen and oxygen atoms in total. The van der Waals surface area contributed by atoms with Gasteiger partial charge in [0.2, 0.25) is 5.91 Å². The molecule has 1 aromatic rings. The lowest BCUT2D eigenvalue weighted by Gasteiger charge is -2.17. The van der Waals surface area contributed by atoms with Gasteiger partial charge in [-0.1, -0.05) is 0 Å². The average Bonchev–Trinajstić information content (AvgIpc) is 2.60. The van der Waals surface area contributed by atoms with Crippen molar-refractivity contribution < 1.29 is 4.79 Å². The Hall–Kier alpha value is -0.300. The van der Waals surface area contributed by atoms with Crippen LogP contribution in [0, 0.1) is 9.49 Å². The quantitative estimate of drug-likeness (QED) is 0.663. The maximum atomic E-state index is 11.8. The minimum absolute atomic E-state index is 0.181. The van der Waals surface area contributed by atoms with Gasteiger partial charge in [-0.05, 0) is 40.3 Å². The third-order valence-corrected chi connectivity index (χ3v) is 3.93. The highest BCUT2D eigenvalue weighted by molar-refractivity contribution is 14.1. The molecule has 1 aliphatic heterocycles. The maximum Gasteiger partial charge on any atom is 0.227 e. The predicted octanol–water partition coefficient (Wildman–Crippen LogP) is 1.97. The molecule has 0 aliphatic carbocycles. The lowest BCUT2D eigenvalue weighted by Crippen LogP contribution is -2.25. The number of amides is 1. The van der Waals surface area contributed by atoms with Crippen LogP contribution in [0.25, 0.3) is 0 Å². The Bertz CT molecular complexity index is 385. The summed E-state index contributed by atoms with van der Waals surface area (Å²) in [5.74, 6) is 1.32. The van der Waals surface area contributed by atoms with Gasteiger partial charge >= 0.3 is 0 Å². The van der Waals surface area contributed by atoms with E-state index in [0.717, 1.165) is 21.6 Å². The number of pyridine rings is 1. The predicted molar refractivity (Wildman–Crippen MR) is 71.3 cm³/mol. The second-order valence-corrected chi connectivity index (χ2v) is 5.11. The molecular formula is C10H11IN2OS. The zero-order valence-corrected chi connectivity index (χ0v) is 11.1.